The summed E-state index contributed by atoms with van der Waals surface area (Å²) in [6.45, 7) is 1.34. The summed E-state index contributed by atoms with van der Waals surface area (Å²) in [5, 5.41) is 2.10. The fourth-order valence-corrected chi connectivity index (χ4v) is 3.48. The minimum atomic E-state index is 0.440. The molecule has 0 aromatic heterocycles. The molecule has 0 bridgehead atoms. The highest BCUT2D eigenvalue weighted by Crippen LogP contribution is 2.32. The lowest BCUT2D eigenvalue weighted by Crippen LogP contribution is -2.27. The van der Waals surface area contributed by atoms with Gasteiger partial charge in [0.25, 0.3) is 0 Å². The molecule has 1 aromatic rings. The van der Waals surface area contributed by atoms with E-state index >= 15 is 0 Å². The van der Waals surface area contributed by atoms with Crippen molar-refractivity contribution in [2.45, 2.75) is 0 Å². The first kappa shape index (κ1) is 11.9. The van der Waals surface area contributed by atoms with Gasteiger partial charge in [-0.05, 0) is 30.3 Å². The van der Waals surface area contributed by atoms with E-state index in [9.17, 15) is 0 Å². The topological polar surface area (TPSA) is 15.7 Å². The van der Waals surface area contributed by atoms with E-state index in [1.165, 1.54) is 0 Å². The second-order valence-electron chi connectivity index (χ2n) is 3.14. The van der Waals surface area contributed by atoms with Crippen molar-refractivity contribution in [2.24, 2.45) is 0 Å². The van der Waals surface area contributed by atoms with Gasteiger partial charge in [-0.15, -0.1) is 4.41 Å². The Morgan fingerprint density at radius 2 is 2.12 bits per heavy atom. The van der Waals surface area contributed by atoms with Gasteiger partial charge in [0, 0.05) is 6.20 Å². The molecule has 0 saturated heterocycles. The van der Waals surface area contributed by atoms with Gasteiger partial charge in [0.15, 0.2) is 11.8 Å². The lowest BCUT2D eigenvalue weighted by Gasteiger charge is -2.23. The molecule has 6 heteroatoms. The highest BCUT2D eigenvalue weighted by Gasteiger charge is 2.21. The molecule has 1 aliphatic heterocycles. The highest BCUT2D eigenvalue weighted by atomic mass is 32.9. The number of hydrogen-bond donors (Lipinski definition) is 0. The molecule has 1 atom stereocenters. The van der Waals surface area contributed by atoms with Gasteiger partial charge in [-0.2, -0.15) is 0 Å². The molecule has 1 aromatic carbocycles. The van der Waals surface area contributed by atoms with Crippen LogP contribution in [0.25, 0.3) is 0 Å². The van der Waals surface area contributed by atoms with Crippen molar-refractivity contribution in [1.29, 1.82) is 0 Å². The van der Waals surface area contributed by atoms with Gasteiger partial charge in [-0.1, -0.05) is 0 Å². The largest absolute Gasteiger partial charge is 0.497 e. The molecule has 1 aliphatic rings. The minimum Gasteiger partial charge on any atom is -0.497 e. The molecule has 0 spiro atoms. The van der Waals surface area contributed by atoms with E-state index < -0.39 is 0 Å². The van der Waals surface area contributed by atoms with Gasteiger partial charge in [0.05, 0.1) is 19.3 Å². The maximum absolute atomic E-state index is 5.14. The summed E-state index contributed by atoms with van der Waals surface area (Å²) in [4.78, 5) is 0. The summed E-state index contributed by atoms with van der Waals surface area (Å²) < 4.78 is 7.28. The van der Waals surface area contributed by atoms with E-state index in [4.69, 9.17) is 16.5 Å². The lowest BCUT2D eigenvalue weighted by molar-refractivity contribution is 0.414. The Balaban J connectivity index is 2.15. The maximum Gasteiger partial charge on any atom is 0.249 e. The lowest BCUT2D eigenvalue weighted by atomic mass is 10.3. The zero-order valence-electron chi connectivity index (χ0n) is 8.79. The van der Waals surface area contributed by atoms with Gasteiger partial charge >= 0.3 is 0 Å². The smallest absolute Gasteiger partial charge is 0.249 e. The van der Waals surface area contributed by atoms with Gasteiger partial charge in [-0.3, -0.25) is 5.01 Å². The summed E-state index contributed by atoms with van der Waals surface area (Å²) >= 11 is 6.67. The van der Waals surface area contributed by atoms with Crippen LogP contribution in [0.5, 0.6) is 5.75 Å². The van der Waals surface area contributed by atoms with Crippen LogP contribution in [-0.4, -0.2) is 18.1 Å². The Labute approximate surface area is 106 Å². The monoisotopic (exact) mass is 271 g/mol. The first-order valence-electron chi connectivity index (χ1n) is 4.76. The summed E-state index contributed by atoms with van der Waals surface area (Å²) in [5.74, 6) is 0.872. The van der Waals surface area contributed by atoms with Crippen molar-refractivity contribution < 1.29 is 4.74 Å². The van der Waals surface area contributed by atoms with Crippen LogP contribution in [0.15, 0.2) is 36.5 Å². The Hall–Kier alpha value is -0.610. The molecule has 3 nitrogen and oxygen atoms in total. The van der Waals surface area contributed by atoms with Crippen LogP contribution in [0, 0.1) is 0 Å². The number of ether oxygens (including phenoxy) is 1. The van der Waals surface area contributed by atoms with Crippen LogP contribution in [-0.2, 0) is 11.8 Å². The first-order chi connectivity index (χ1) is 7.85. The van der Waals surface area contributed by atoms with Crippen LogP contribution in [0.2, 0.25) is 0 Å². The quantitative estimate of drug-likeness (QED) is 0.616. The number of hydrogen-bond acceptors (Lipinski definition) is 5. The standard InChI is InChI=1S/C10H11N2OPS2/c1-13-10-5-3-9(4-6-10)11-7-2-8-12(11)16-14-15/h2-7H,8H2,1H3/p+1. The predicted molar refractivity (Wildman–Crippen MR) is 74.6 cm³/mol. The minimum absolute atomic E-state index is 0.440. The zero-order chi connectivity index (χ0) is 11.4. The Kier molecular flexibility index (Phi) is 4.18. The number of hydrazine groups is 1. The third kappa shape index (κ3) is 2.55. The average Bonchev–Trinajstić information content (AvgIpc) is 2.78. The van der Waals surface area contributed by atoms with Crippen LogP contribution < -0.4 is 9.75 Å². The van der Waals surface area contributed by atoms with Crippen molar-refractivity contribution in [3.63, 3.8) is 0 Å². The molecular formula is C10H12N2OPS2+. The molecule has 0 amide bonds. The van der Waals surface area contributed by atoms with E-state index in [1.54, 1.807) is 18.7 Å². The van der Waals surface area contributed by atoms with Crippen molar-refractivity contribution in [1.82, 2.24) is 4.41 Å². The van der Waals surface area contributed by atoms with Crippen molar-refractivity contribution >= 4 is 35.6 Å². The molecule has 16 heavy (non-hydrogen) atoms. The van der Waals surface area contributed by atoms with E-state index in [0.717, 1.165) is 18.0 Å². The summed E-state index contributed by atoms with van der Waals surface area (Å²) in [5.41, 5.74) is 1.12. The SMILES string of the molecule is COc1ccc(N2C=CCN2S[PH+]=S)cc1. The van der Waals surface area contributed by atoms with Gasteiger partial charge in [0.2, 0.25) is 18.1 Å². The van der Waals surface area contributed by atoms with Crippen molar-refractivity contribution in [3.8, 4) is 5.75 Å². The summed E-state index contributed by atoms with van der Waals surface area (Å²) in [6.07, 6.45) is 4.18. The number of rotatable bonds is 4. The molecule has 2 rings (SSSR count). The fraction of sp³-hybridized carbons (Fsp3) is 0.200. The molecule has 0 saturated carbocycles. The maximum atomic E-state index is 5.14. The number of anilines is 1. The third-order valence-corrected chi connectivity index (χ3v) is 4.37. The van der Waals surface area contributed by atoms with Gasteiger partial charge in [-0.25, -0.2) is 0 Å². The normalized spacial score (nSPS) is 15.9. The number of benzene rings is 1. The van der Waals surface area contributed by atoms with Crippen molar-refractivity contribution in [2.75, 3.05) is 18.7 Å². The molecule has 84 valence electrons. The fourth-order valence-electron chi connectivity index (χ4n) is 1.47. The number of methoxy groups -OCH3 is 1. The van der Waals surface area contributed by atoms with E-state index in [0.29, 0.717) is 6.56 Å². The van der Waals surface area contributed by atoms with Crippen LogP contribution in [0.3, 0.4) is 0 Å². The molecule has 0 aliphatic carbocycles. The Bertz CT molecular complexity index is 396. The predicted octanol–water partition coefficient (Wildman–Crippen LogP) is 2.95. The third-order valence-electron chi connectivity index (χ3n) is 2.23. The van der Waals surface area contributed by atoms with Gasteiger partial charge in [0.1, 0.15) is 5.75 Å². The average molecular weight is 271 g/mol. The van der Waals surface area contributed by atoms with E-state index in [1.807, 2.05) is 24.3 Å². The molecule has 0 fully saturated rings. The van der Waals surface area contributed by atoms with E-state index in [2.05, 4.69) is 21.7 Å². The Morgan fingerprint density at radius 3 is 2.75 bits per heavy atom. The summed E-state index contributed by atoms with van der Waals surface area (Å²) in [6, 6.07) is 7.99. The van der Waals surface area contributed by atoms with Crippen LogP contribution in [0.1, 0.15) is 0 Å². The number of nitrogens with zero attached hydrogens (tertiary/aromatic N) is 2. The molecule has 1 heterocycles. The molecular weight excluding hydrogens is 259 g/mol. The van der Waals surface area contributed by atoms with Crippen LogP contribution in [0.4, 0.5) is 5.69 Å². The molecule has 1 unspecified atom stereocenters. The Morgan fingerprint density at radius 1 is 1.38 bits per heavy atom. The zero-order valence-corrected chi connectivity index (χ0v) is 11.4. The molecule has 0 radical (unpaired) electrons. The van der Waals surface area contributed by atoms with Crippen molar-refractivity contribution in [3.05, 3.63) is 36.5 Å². The highest BCUT2D eigenvalue weighted by molar-refractivity contribution is 8.56. The first-order valence-corrected chi connectivity index (χ1v) is 8.40. The van der Waals surface area contributed by atoms with Gasteiger partial charge < -0.3 is 4.74 Å². The van der Waals surface area contributed by atoms with E-state index in [-0.39, 0.29) is 0 Å². The summed E-state index contributed by atoms with van der Waals surface area (Å²) in [7, 11) is 1.67. The second kappa shape index (κ2) is 5.64. The second-order valence-corrected chi connectivity index (χ2v) is 6.46. The van der Waals surface area contributed by atoms with Crippen LogP contribution >= 0.6 is 18.1 Å². The molecule has 0 N–H and O–H groups in total.